The maximum atomic E-state index is 11.8. The molecule has 0 N–H and O–H groups in total. The Morgan fingerprint density at radius 2 is 2.00 bits per heavy atom. The van der Waals surface area contributed by atoms with E-state index in [0.29, 0.717) is 12.5 Å². The molecule has 128 valence electrons. The Hall–Kier alpha value is -2.05. The van der Waals surface area contributed by atoms with Crippen molar-refractivity contribution in [3.8, 4) is 0 Å². The molecule has 2 aromatic rings. The summed E-state index contributed by atoms with van der Waals surface area (Å²) in [5, 5.41) is 0. The second-order valence-corrected chi connectivity index (χ2v) is 6.40. The van der Waals surface area contributed by atoms with Crippen molar-refractivity contribution in [2.24, 2.45) is 5.92 Å². The second kappa shape index (κ2) is 7.68. The lowest BCUT2D eigenvalue weighted by atomic mass is 10.1. The number of fused-ring (bicyclic) bond motifs is 1. The molecule has 24 heavy (non-hydrogen) atoms. The largest absolute Gasteiger partial charge is 0.384 e. The predicted octanol–water partition coefficient (Wildman–Crippen LogP) is 1.56. The van der Waals surface area contributed by atoms with Crippen LogP contribution in [0.1, 0.15) is 12.5 Å². The van der Waals surface area contributed by atoms with Gasteiger partial charge in [0.15, 0.2) is 0 Å². The lowest BCUT2D eigenvalue weighted by Gasteiger charge is -2.23. The number of nitrogens with zero attached hydrogens (tertiary/aromatic N) is 4. The maximum Gasteiger partial charge on any atom is 0.219 e. The molecule has 0 unspecified atom stereocenters. The topological polar surface area (TPSA) is 58.6 Å². The SMILES string of the molecule is COC[C@@H]1CN(Cc2ccc3nccnc3c2)CCN(C(C)=O)C1. The van der Waals surface area contributed by atoms with Gasteiger partial charge in [0.25, 0.3) is 0 Å². The molecule has 1 amide bonds. The molecule has 2 heterocycles. The highest BCUT2D eigenvalue weighted by Crippen LogP contribution is 2.16. The maximum absolute atomic E-state index is 11.8. The Kier molecular flexibility index (Phi) is 5.37. The number of hydrogen-bond acceptors (Lipinski definition) is 5. The van der Waals surface area contributed by atoms with Crippen LogP contribution >= 0.6 is 0 Å². The van der Waals surface area contributed by atoms with E-state index in [0.717, 1.165) is 43.8 Å². The zero-order valence-corrected chi connectivity index (χ0v) is 14.3. The van der Waals surface area contributed by atoms with Crippen molar-refractivity contribution in [3.63, 3.8) is 0 Å². The third-order valence-corrected chi connectivity index (χ3v) is 4.47. The zero-order chi connectivity index (χ0) is 16.9. The van der Waals surface area contributed by atoms with Gasteiger partial charge in [0.05, 0.1) is 17.6 Å². The number of hydrogen-bond donors (Lipinski definition) is 0. The molecule has 0 aliphatic carbocycles. The smallest absolute Gasteiger partial charge is 0.219 e. The highest BCUT2D eigenvalue weighted by molar-refractivity contribution is 5.74. The lowest BCUT2D eigenvalue weighted by Crippen LogP contribution is -2.35. The Balaban J connectivity index is 1.73. The summed E-state index contributed by atoms with van der Waals surface area (Å²) in [6, 6.07) is 6.22. The van der Waals surface area contributed by atoms with Crippen molar-refractivity contribution in [3.05, 3.63) is 36.2 Å². The van der Waals surface area contributed by atoms with Gasteiger partial charge in [-0.3, -0.25) is 19.7 Å². The van der Waals surface area contributed by atoms with Gasteiger partial charge in [-0.1, -0.05) is 6.07 Å². The molecular formula is C18H24N4O2. The van der Waals surface area contributed by atoms with Crippen molar-refractivity contribution < 1.29 is 9.53 Å². The Morgan fingerprint density at radius 3 is 2.75 bits per heavy atom. The molecule has 0 radical (unpaired) electrons. The fraction of sp³-hybridized carbons (Fsp3) is 0.500. The average Bonchev–Trinajstić information content (AvgIpc) is 2.77. The summed E-state index contributed by atoms with van der Waals surface area (Å²) in [5.41, 5.74) is 3.05. The van der Waals surface area contributed by atoms with Crippen molar-refractivity contribution >= 4 is 16.9 Å². The van der Waals surface area contributed by atoms with Crippen LogP contribution in [0.25, 0.3) is 11.0 Å². The summed E-state index contributed by atoms with van der Waals surface area (Å²) in [6.07, 6.45) is 3.43. The average molecular weight is 328 g/mol. The molecule has 0 spiro atoms. The summed E-state index contributed by atoms with van der Waals surface area (Å²) >= 11 is 0. The second-order valence-electron chi connectivity index (χ2n) is 6.40. The number of benzene rings is 1. The van der Waals surface area contributed by atoms with Crippen molar-refractivity contribution in [1.29, 1.82) is 0 Å². The summed E-state index contributed by atoms with van der Waals surface area (Å²) in [5.74, 6) is 0.473. The van der Waals surface area contributed by atoms with E-state index in [4.69, 9.17) is 4.74 Å². The minimum atomic E-state index is 0.138. The molecule has 6 nitrogen and oxygen atoms in total. The molecule has 6 heteroatoms. The van der Waals surface area contributed by atoms with Gasteiger partial charge in [0.2, 0.25) is 5.91 Å². The summed E-state index contributed by atoms with van der Waals surface area (Å²) in [4.78, 5) is 24.8. The van der Waals surface area contributed by atoms with Crippen LogP contribution in [0.3, 0.4) is 0 Å². The summed E-state index contributed by atoms with van der Waals surface area (Å²) in [6.45, 7) is 6.49. The molecule has 1 aromatic carbocycles. The quantitative estimate of drug-likeness (QED) is 0.852. The van der Waals surface area contributed by atoms with Gasteiger partial charge in [-0.2, -0.15) is 0 Å². The first-order valence-electron chi connectivity index (χ1n) is 8.32. The molecule has 3 rings (SSSR count). The first-order chi connectivity index (χ1) is 11.7. The summed E-state index contributed by atoms with van der Waals surface area (Å²) in [7, 11) is 1.72. The number of carbonyl (C=O) groups is 1. The van der Waals surface area contributed by atoms with Gasteiger partial charge in [-0.25, -0.2) is 0 Å². The first-order valence-corrected chi connectivity index (χ1v) is 8.32. The van der Waals surface area contributed by atoms with Crippen LogP contribution in [0.15, 0.2) is 30.6 Å². The van der Waals surface area contributed by atoms with Crippen molar-refractivity contribution in [2.45, 2.75) is 13.5 Å². The third kappa shape index (κ3) is 4.07. The first kappa shape index (κ1) is 16.8. The molecule has 0 saturated carbocycles. The monoisotopic (exact) mass is 328 g/mol. The fourth-order valence-corrected chi connectivity index (χ4v) is 3.32. The molecule has 0 bridgehead atoms. The number of amides is 1. The minimum Gasteiger partial charge on any atom is -0.384 e. The van der Waals surface area contributed by atoms with E-state index < -0.39 is 0 Å². The predicted molar refractivity (Wildman–Crippen MR) is 92.4 cm³/mol. The Bertz CT molecular complexity index is 706. The number of ether oxygens (including phenoxy) is 1. The summed E-state index contributed by atoms with van der Waals surface area (Å²) < 4.78 is 5.34. The van der Waals surface area contributed by atoms with Crippen molar-refractivity contribution in [2.75, 3.05) is 39.9 Å². The van der Waals surface area contributed by atoms with E-state index >= 15 is 0 Å². The van der Waals surface area contributed by atoms with Gasteiger partial charge in [0.1, 0.15) is 0 Å². The van der Waals surface area contributed by atoms with Gasteiger partial charge in [0, 0.05) is 65.1 Å². The Labute approximate surface area is 142 Å². The molecular weight excluding hydrogens is 304 g/mol. The van der Waals surface area contributed by atoms with Crippen LogP contribution in [0.4, 0.5) is 0 Å². The van der Waals surface area contributed by atoms with Crippen LogP contribution in [0.5, 0.6) is 0 Å². The lowest BCUT2D eigenvalue weighted by molar-refractivity contribution is -0.129. The molecule has 1 atom stereocenters. The van der Waals surface area contributed by atoms with E-state index in [9.17, 15) is 4.79 Å². The third-order valence-electron chi connectivity index (χ3n) is 4.47. The number of rotatable bonds is 4. The van der Waals surface area contributed by atoms with Gasteiger partial charge in [-0.05, 0) is 17.7 Å². The molecule has 1 aliphatic rings. The van der Waals surface area contributed by atoms with Crippen LogP contribution in [0.2, 0.25) is 0 Å². The van der Waals surface area contributed by atoms with Gasteiger partial charge >= 0.3 is 0 Å². The zero-order valence-electron chi connectivity index (χ0n) is 14.3. The van der Waals surface area contributed by atoms with E-state index in [2.05, 4.69) is 27.0 Å². The van der Waals surface area contributed by atoms with E-state index in [1.165, 1.54) is 5.56 Å². The molecule has 1 aromatic heterocycles. The van der Waals surface area contributed by atoms with E-state index in [-0.39, 0.29) is 5.91 Å². The van der Waals surface area contributed by atoms with Gasteiger partial charge < -0.3 is 9.64 Å². The van der Waals surface area contributed by atoms with E-state index in [1.807, 2.05) is 11.0 Å². The van der Waals surface area contributed by atoms with Gasteiger partial charge in [-0.15, -0.1) is 0 Å². The molecule has 1 aliphatic heterocycles. The Morgan fingerprint density at radius 1 is 1.21 bits per heavy atom. The highest BCUT2D eigenvalue weighted by Gasteiger charge is 2.24. The minimum absolute atomic E-state index is 0.138. The van der Waals surface area contributed by atoms with Crippen molar-refractivity contribution in [1.82, 2.24) is 19.8 Å². The van der Waals surface area contributed by atoms with Crippen LogP contribution in [0, 0.1) is 5.92 Å². The normalized spacial score (nSPS) is 19.4. The van der Waals surface area contributed by atoms with Crippen LogP contribution < -0.4 is 0 Å². The highest BCUT2D eigenvalue weighted by atomic mass is 16.5. The van der Waals surface area contributed by atoms with E-state index in [1.54, 1.807) is 26.4 Å². The molecule has 1 fully saturated rings. The van der Waals surface area contributed by atoms with Crippen LogP contribution in [-0.4, -0.2) is 65.6 Å². The van der Waals surface area contributed by atoms with Crippen LogP contribution in [-0.2, 0) is 16.1 Å². The fourth-order valence-electron chi connectivity index (χ4n) is 3.32. The number of aromatic nitrogens is 2. The number of methoxy groups -OCH3 is 1. The number of carbonyl (C=O) groups excluding carboxylic acids is 1. The standard InChI is InChI=1S/C18H24N4O2/c1-14(23)22-8-7-21(11-16(12-22)13-24-2)10-15-3-4-17-18(9-15)20-6-5-19-17/h3-6,9,16H,7-8,10-13H2,1-2H3/t16-/m1/s1. The molecule has 1 saturated heterocycles.